The molecule has 5 heteroatoms. The Labute approximate surface area is 125 Å². The van der Waals surface area contributed by atoms with Crippen LogP contribution in [0.2, 0.25) is 0 Å². The fourth-order valence-corrected chi connectivity index (χ4v) is 4.15. The summed E-state index contributed by atoms with van der Waals surface area (Å²) < 4.78 is 0. The minimum Gasteiger partial charge on any atom is -0.480 e. The molecule has 5 nitrogen and oxygen atoms in total. The topological polar surface area (TPSA) is 69.6 Å². The highest BCUT2D eigenvalue weighted by Crippen LogP contribution is 2.39. The second-order valence-electron chi connectivity index (χ2n) is 6.54. The first kappa shape index (κ1) is 14.4. The summed E-state index contributed by atoms with van der Waals surface area (Å²) in [5.74, 6) is -0.486. The number of likely N-dealkylation sites (tertiary alicyclic amines) is 1. The SMILES string of the molecule is O=C(O)C1CC2CCCCC2N1C(=O)NC1CC=CCC1. The average molecular weight is 292 g/mol. The molecule has 116 valence electrons. The van der Waals surface area contributed by atoms with Gasteiger partial charge in [-0.1, -0.05) is 25.0 Å². The van der Waals surface area contributed by atoms with Crippen molar-refractivity contribution in [2.45, 2.75) is 69.5 Å². The molecule has 0 aromatic carbocycles. The van der Waals surface area contributed by atoms with Gasteiger partial charge < -0.3 is 15.3 Å². The van der Waals surface area contributed by atoms with Crippen LogP contribution in [-0.4, -0.2) is 40.1 Å². The molecule has 4 unspecified atom stereocenters. The van der Waals surface area contributed by atoms with Gasteiger partial charge in [-0.05, 0) is 44.4 Å². The van der Waals surface area contributed by atoms with Crippen LogP contribution in [0, 0.1) is 5.92 Å². The third-order valence-corrected chi connectivity index (χ3v) is 5.20. The van der Waals surface area contributed by atoms with E-state index in [2.05, 4.69) is 17.5 Å². The maximum absolute atomic E-state index is 12.6. The number of carboxylic acid groups (broad SMARTS) is 1. The number of carboxylic acids is 1. The lowest BCUT2D eigenvalue weighted by molar-refractivity contribution is -0.141. The number of hydrogen-bond donors (Lipinski definition) is 2. The second-order valence-corrected chi connectivity index (χ2v) is 6.54. The Kier molecular flexibility index (Phi) is 4.17. The van der Waals surface area contributed by atoms with E-state index < -0.39 is 12.0 Å². The van der Waals surface area contributed by atoms with Crippen LogP contribution in [0.1, 0.15) is 51.4 Å². The zero-order chi connectivity index (χ0) is 14.8. The minimum absolute atomic E-state index is 0.124. The van der Waals surface area contributed by atoms with E-state index in [1.165, 1.54) is 0 Å². The summed E-state index contributed by atoms with van der Waals surface area (Å²) in [5.41, 5.74) is 0. The molecular weight excluding hydrogens is 268 g/mol. The molecule has 2 fully saturated rings. The summed E-state index contributed by atoms with van der Waals surface area (Å²) >= 11 is 0. The quantitative estimate of drug-likeness (QED) is 0.768. The van der Waals surface area contributed by atoms with Crippen LogP contribution in [0.15, 0.2) is 12.2 Å². The first-order valence-electron chi connectivity index (χ1n) is 8.13. The van der Waals surface area contributed by atoms with Crippen molar-refractivity contribution in [3.8, 4) is 0 Å². The molecule has 4 atom stereocenters. The van der Waals surface area contributed by atoms with Crippen LogP contribution < -0.4 is 5.32 Å². The van der Waals surface area contributed by atoms with Gasteiger partial charge in [-0.25, -0.2) is 9.59 Å². The van der Waals surface area contributed by atoms with E-state index in [1.54, 1.807) is 4.90 Å². The summed E-state index contributed by atoms with van der Waals surface area (Å²) in [7, 11) is 0. The monoisotopic (exact) mass is 292 g/mol. The van der Waals surface area contributed by atoms with Gasteiger partial charge in [0.25, 0.3) is 0 Å². The number of carbonyl (C=O) groups excluding carboxylic acids is 1. The second kappa shape index (κ2) is 6.08. The van der Waals surface area contributed by atoms with Crippen LogP contribution >= 0.6 is 0 Å². The van der Waals surface area contributed by atoms with E-state index in [1.807, 2.05) is 0 Å². The van der Waals surface area contributed by atoms with E-state index in [0.717, 1.165) is 44.9 Å². The lowest BCUT2D eigenvalue weighted by Gasteiger charge is -2.34. The maximum atomic E-state index is 12.6. The summed E-state index contributed by atoms with van der Waals surface area (Å²) in [6.45, 7) is 0. The van der Waals surface area contributed by atoms with Gasteiger partial charge in [0.15, 0.2) is 0 Å². The Morgan fingerprint density at radius 1 is 1.14 bits per heavy atom. The molecular formula is C16H24N2O3. The predicted octanol–water partition coefficient (Wildman–Crippen LogP) is 2.52. The maximum Gasteiger partial charge on any atom is 0.326 e. The van der Waals surface area contributed by atoms with Gasteiger partial charge in [0.2, 0.25) is 0 Å². The van der Waals surface area contributed by atoms with E-state index in [-0.39, 0.29) is 18.1 Å². The summed E-state index contributed by atoms with van der Waals surface area (Å²) in [5, 5.41) is 12.5. The van der Waals surface area contributed by atoms with Gasteiger partial charge in [0.1, 0.15) is 6.04 Å². The van der Waals surface area contributed by atoms with Crippen molar-refractivity contribution >= 4 is 12.0 Å². The zero-order valence-electron chi connectivity index (χ0n) is 12.3. The Bertz CT molecular complexity index is 449. The summed E-state index contributed by atoms with van der Waals surface area (Å²) in [6.07, 6.45) is 11.9. The van der Waals surface area contributed by atoms with Gasteiger partial charge in [-0.2, -0.15) is 0 Å². The zero-order valence-corrected chi connectivity index (χ0v) is 12.3. The number of amides is 2. The molecule has 21 heavy (non-hydrogen) atoms. The van der Waals surface area contributed by atoms with Crippen molar-refractivity contribution < 1.29 is 14.7 Å². The number of aliphatic carboxylic acids is 1. The molecule has 2 aliphatic carbocycles. The molecule has 1 aliphatic heterocycles. The number of nitrogens with zero attached hydrogens (tertiary/aromatic N) is 1. The van der Waals surface area contributed by atoms with Crippen LogP contribution in [-0.2, 0) is 4.79 Å². The van der Waals surface area contributed by atoms with Crippen molar-refractivity contribution in [3.63, 3.8) is 0 Å². The number of rotatable bonds is 2. The van der Waals surface area contributed by atoms with Crippen molar-refractivity contribution in [2.24, 2.45) is 5.92 Å². The van der Waals surface area contributed by atoms with Gasteiger partial charge in [0, 0.05) is 12.1 Å². The lowest BCUT2D eigenvalue weighted by atomic mass is 9.85. The first-order valence-corrected chi connectivity index (χ1v) is 8.13. The van der Waals surface area contributed by atoms with Crippen molar-refractivity contribution in [3.05, 3.63) is 12.2 Å². The highest BCUT2D eigenvalue weighted by Gasteiger charge is 2.47. The Morgan fingerprint density at radius 2 is 1.95 bits per heavy atom. The lowest BCUT2D eigenvalue weighted by Crippen LogP contribution is -2.53. The number of fused-ring (bicyclic) bond motifs is 1. The number of urea groups is 1. The number of hydrogen-bond acceptors (Lipinski definition) is 2. The van der Waals surface area contributed by atoms with Crippen LogP contribution in [0.5, 0.6) is 0 Å². The van der Waals surface area contributed by atoms with E-state index in [9.17, 15) is 14.7 Å². The van der Waals surface area contributed by atoms with E-state index in [0.29, 0.717) is 12.3 Å². The smallest absolute Gasteiger partial charge is 0.326 e. The van der Waals surface area contributed by atoms with Crippen molar-refractivity contribution in [1.29, 1.82) is 0 Å². The van der Waals surface area contributed by atoms with Gasteiger partial charge >= 0.3 is 12.0 Å². The highest BCUT2D eigenvalue weighted by molar-refractivity contribution is 5.84. The van der Waals surface area contributed by atoms with Crippen molar-refractivity contribution in [1.82, 2.24) is 10.2 Å². The molecule has 2 amide bonds. The fourth-order valence-electron chi connectivity index (χ4n) is 4.15. The minimum atomic E-state index is -0.858. The molecule has 2 N–H and O–H groups in total. The molecule has 0 bridgehead atoms. The standard InChI is InChI=1S/C16H24N2O3/c19-15(20)14-10-11-6-4-5-9-13(11)18(14)16(21)17-12-7-2-1-3-8-12/h1-2,11-14H,3-10H2,(H,17,21)(H,19,20). The predicted molar refractivity (Wildman–Crippen MR) is 78.9 cm³/mol. The first-order chi connectivity index (χ1) is 10.2. The summed E-state index contributed by atoms with van der Waals surface area (Å²) in [6, 6.07) is -0.534. The van der Waals surface area contributed by atoms with E-state index >= 15 is 0 Å². The van der Waals surface area contributed by atoms with Crippen LogP contribution in [0.25, 0.3) is 0 Å². The normalized spacial score (nSPS) is 35.3. The van der Waals surface area contributed by atoms with Gasteiger partial charge in [-0.15, -0.1) is 0 Å². The number of allylic oxidation sites excluding steroid dienone is 1. The largest absolute Gasteiger partial charge is 0.480 e. The molecule has 1 saturated heterocycles. The fraction of sp³-hybridized carbons (Fsp3) is 0.750. The Balaban J connectivity index is 1.71. The molecule has 0 spiro atoms. The average Bonchev–Trinajstić information content (AvgIpc) is 2.88. The Morgan fingerprint density at radius 3 is 2.67 bits per heavy atom. The van der Waals surface area contributed by atoms with Gasteiger partial charge in [-0.3, -0.25) is 0 Å². The highest BCUT2D eigenvalue weighted by atomic mass is 16.4. The summed E-state index contributed by atoms with van der Waals surface area (Å²) in [4.78, 5) is 25.8. The number of nitrogens with one attached hydrogen (secondary N) is 1. The molecule has 0 aromatic rings. The Hall–Kier alpha value is -1.52. The molecule has 3 rings (SSSR count). The van der Waals surface area contributed by atoms with Crippen molar-refractivity contribution in [2.75, 3.05) is 0 Å². The van der Waals surface area contributed by atoms with E-state index in [4.69, 9.17) is 0 Å². The number of carbonyl (C=O) groups is 2. The molecule has 1 saturated carbocycles. The molecule has 1 heterocycles. The molecule has 0 radical (unpaired) electrons. The van der Waals surface area contributed by atoms with Gasteiger partial charge in [0.05, 0.1) is 0 Å². The van der Waals surface area contributed by atoms with Crippen LogP contribution in [0.3, 0.4) is 0 Å². The third-order valence-electron chi connectivity index (χ3n) is 5.20. The molecule has 0 aromatic heterocycles. The van der Waals surface area contributed by atoms with Crippen LogP contribution in [0.4, 0.5) is 4.79 Å². The third kappa shape index (κ3) is 2.92. The molecule has 3 aliphatic rings.